The van der Waals surface area contributed by atoms with Gasteiger partial charge >= 0.3 is 0 Å². The zero-order valence-electron chi connectivity index (χ0n) is 12.4. The number of carbonyl (C=O) groups is 4. The van der Waals surface area contributed by atoms with Crippen molar-refractivity contribution in [3.63, 3.8) is 0 Å². The topological polar surface area (TPSA) is 95.6 Å². The normalized spacial score (nSPS) is 20.2. The summed E-state index contributed by atoms with van der Waals surface area (Å²) in [5.41, 5.74) is 1.36. The van der Waals surface area contributed by atoms with Crippen LogP contribution in [0.25, 0.3) is 0 Å². The van der Waals surface area contributed by atoms with Crippen molar-refractivity contribution in [2.45, 2.75) is 25.4 Å². The van der Waals surface area contributed by atoms with Crippen molar-refractivity contribution in [2.75, 3.05) is 7.05 Å². The fourth-order valence-electron chi connectivity index (χ4n) is 2.92. The van der Waals surface area contributed by atoms with E-state index in [1.165, 1.54) is 0 Å². The number of nitrogens with zero attached hydrogens (tertiary/aromatic N) is 1. The van der Waals surface area contributed by atoms with Gasteiger partial charge in [-0.05, 0) is 25.1 Å². The first-order valence-corrected chi connectivity index (χ1v) is 7.02. The molecule has 1 fully saturated rings. The fraction of sp³-hybridized carbons (Fsp3) is 0.333. The highest BCUT2D eigenvalue weighted by molar-refractivity contribution is 6.24. The largest absolute Gasteiger partial charge is 0.316 e. The van der Waals surface area contributed by atoms with Gasteiger partial charge in [0, 0.05) is 13.0 Å². The van der Waals surface area contributed by atoms with E-state index in [0.29, 0.717) is 23.2 Å². The molecule has 0 spiro atoms. The van der Waals surface area contributed by atoms with Crippen molar-refractivity contribution in [2.24, 2.45) is 0 Å². The minimum atomic E-state index is -0.924. The fourth-order valence-corrected chi connectivity index (χ4v) is 2.92. The number of amides is 4. The average molecular weight is 338 g/mol. The second-order valence-electron chi connectivity index (χ2n) is 5.32. The zero-order valence-corrected chi connectivity index (χ0v) is 13.2. The van der Waals surface area contributed by atoms with E-state index >= 15 is 0 Å². The Labute approximate surface area is 138 Å². The van der Waals surface area contributed by atoms with Crippen LogP contribution in [0.1, 0.15) is 39.1 Å². The lowest BCUT2D eigenvalue weighted by Crippen LogP contribution is -2.54. The van der Waals surface area contributed by atoms with Crippen LogP contribution in [0.3, 0.4) is 0 Å². The third kappa shape index (κ3) is 2.73. The Morgan fingerprint density at radius 1 is 1.22 bits per heavy atom. The SMILES string of the molecule is CNCc1cccc2c1C(=O)N(C1CCC(=O)NC1=O)C2=O.Cl. The second-order valence-corrected chi connectivity index (χ2v) is 5.32. The highest BCUT2D eigenvalue weighted by atomic mass is 35.5. The minimum Gasteiger partial charge on any atom is -0.316 e. The second kappa shape index (κ2) is 6.47. The molecule has 7 nitrogen and oxygen atoms in total. The van der Waals surface area contributed by atoms with E-state index in [9.17, 15) is 19.2 Å². The van der Waals surface area contributed by atoms with E-state index < -0.39 is 23.8 Å². The number of rotatable bonds is 3. The number of piperidine rings is 1. The molecule has 0 bridgehead atoms. The van der Waals surface area contributed by atoms with E-state index in [1.807, 2.05) is 0 Å². The third-order valence-corrected chi connectivity index (χ3v) is 3.92. The van der Waals surface area contributed by atoms with Crippen molar-refractivity contribution in [1.29, 1.82) is 0 Å². The molecule has 8 heteroatoms. The first-order chi connectivity index (χ1) is 10.5. The number of hydrogen-bond acceptors (Lipinski definition) is 5. The van der Waals surface area contributed by atoms with Gasteiger partial charge in [0.2, 0.25) is 11.8 Å². The van der Waals surface area contributed by atoms with Crippen molar-refractivity contribution in [1.82, 2.24) is 15.5 Å². The number of halogens is 1. The van der Waals surface area contributed by atoms with E-state index in [1.54, 1.807) is 25.2 Å². The molecule has 1 saturated heterocycles. The zero-order chi connectivity index (χ0) is 15.9. The average Bonchev–Trinajstić information content (AvgIpc) is 2.73. The Morgan fingerprint density at radius 2 is 1.96 bits per heavy atom. The molecule has 2 aliphatic rings. The number of nitrogens with one attached hydrogen (secondary N) is 2. The maximum Gasteiger partial charge on any atom is 0.262 e. The molecule has 0 aromatic heterocycles. The van der Waals surface area contributed by atoms with Crippen LogP contribution >= 0.6 is 12.4 Å². The first kappa shape index (κ1) is 17.1. The monoisotopic (exact) mass is 337 g/mol. The number of hydrogen-bond donors (Lipinski definition) is 2. The predicted molar refractivity (Wildman–Crippen MR) is 83.1 cm³/mol. The molecule has 23 heavy (non-hydrogen) atoms. The molecule has 1 unspecified atom stereocenters. The molecule has 3 rings (SSSR count). The van der Waals surface area contributed by atoms with Crippen LogP contribution in [0.2, 0.25) is 0 Å². The molecular formula is C15H16ClN3O4. The van der Waals surface area contributed by atoms with Crippen molar-refractivity contribution in [3.8, 4) is 0 Å². The summed E-state index contributed by atoms with van der Waals surface area (Å²) in [4.78, 5) is 49.3. The van der Waals surface area contributed by atoms with Crippen LogP contribution in [-0.4, -0.2) is 41.6 Å². The molecule has 0 radical (unpaired) electrons. The van der Waals surface area contributed by atoms with Gasteiger partial charge in [0.05, 0.1) is 11.1 Å². The number of carbonyl (C=O) groups excluding carboxylic acids is 4. The third-order valence-electron chi connectivity index (χ3n) is 3.92. The van der Waals surface area contributed by atoms with Gasteiger partial charge < -0.3 is 5.32 Å². The van der Waals surface area contributed by atoms with E-state index in [4.69, 9.17) is 0 Å². The van der Waals surface area contributed by atoms with Crippen molar-refractivity contribution < 1.29 is 19.2 Å². The van der Waals surface area contributed by atoms with Gasteiger partial charge in [-0.1, -0.05) is 12.1 Å². The number of imide groups is 2. The summed E-state index contributed by atoms with van der Waals surface area (Å²) in [7, 11) is 1.75. The Bertz CT molecular complexity index is 704. The Morgan fingerprint density at radius 3 is 2.61 bits per heavy atom. The molecule has 2 N–H and O–H groups in total. The van der Waals surface area contributed by atoms with Gasteiger partial charge in [-0.15, -0.1) is 12.4 Å². The molecular weight excluding hydrogens is 322 g/mol. The van der Waals surface area contributed by atoms with Gasteiger partial charge in [-0.2, -0.15) is 0 Å². The van der Waals surface area contributed by atoms with Crippen LogP contribution in [0.5, 0.6) is 0 Å². The van der Waals surface area contributed by atoms with E-state index in [-0.39, 0.29) is 31.2 Å². The van der Waals surface area contributed by atoms with Crippen LogP contribution in [0, 0.1) is 0 Å². The molecule has 122 valence electrons. The van der Waals surface area contributed by atoms with Crippen LogP contribution in [0.4, 0.5) is 0 Å². The van der Waals surface area contributed by atoms with Gasteiger partial charge in [-0.25, -0.2) is 0 Å². The van der Waals surface area contributed by atoms with Crippen LogP contribution in [-0.2, 0) is 16.1 Å². The van der Waals surface area contributed by atoms with E-state index in [0.717, 1.165) is 4.90 Å². The lowest BCUT2D eigenvalue weighted by atomic mass is 10.0. The summed E-state index contributed by atoms with van der Waals surface area (Å²) < 4.78 is 0. The molecule has 0 aliphatic carbocycles. The smallest absolute Gasteiger partial charge is 0.262 e. The molecule has 1 atom stereocenters. The summed E-state index contributed by atoms with van der Waals surface area (Å²) in [6, 6.07) is 4.15. The highest BCUT2D eigenvalue weighted by Gasteiger charge is 2.45. The molecule has 1 aromatic rings. The Balaban J connectivity index is 0.00000192. The molecule has 2 aliphatic heterocycles. The summed E-state index contributed by atoms with van der Waals surface area (Å²) in [6.07, 6.45) is 0.282. The highest BCUT2D eigenvalue weighted by Crippen LogP contribution is 2.29. The number of fused-ring (bicyclic) bond motifs is 1. The molecule has 0 saturated carbocycles. The summed E-state index contributed by atoms with van der Waals surface area (Å²) >= 11 is 0. The van der Waals surface area contributed by atoms with Gasteiger partial charge in [0.25, 0.3) is 11.8 Å². The van der Waals surface area contributed by atoms with Gasteiger partial charge in [0.15, 0.2) is 0 Å². The minimum absolute atomic E-state index is 0. The molecule has 4 amide bonds. The number of benzene rings is 1. The molecule has 2 heterocycles. The lowest BCUT2D eigenvalue weighted by Gasteiger charge is -2.27. The van der Waals surface area contributed by atoms with Crippen LogP contribution < -0.4 is 10.6 Å². The summed E-state index contributed by atoms with van der Waals surface area (Å²) in [5, 5.41) is 5.13. The predicted octanol–water partition coefficient (Wildman–Crippen LogP) is 0.229. The Kier molecular flexibility index (Phi) is 4.82. The summed E-state index contributed by atoms with van der Waals surface area (Å²) in [5.74, 6) is -1.93. The first-order valence-electron chi connectivity index (χ1n) is 7.02. The maximum atomic E-state index is 12.6. The lowest BCUT2D eigenvalue weighted by molar-refractivity contribution is -0.136. The van der Waals surface area contributed by atoms with Gasteiger partial charge in [0.1, 0.15) is 6.04 Å². The molecule has 1 aromatic carbocycles. The van der Waals surface area contributed by atoms with Gasteiger partial charge in [-0.3, -0.25) is 29.4 Å². The van der Waals surface area contributed by atoms with Crippen LogP contribution in [0.15, 0.2) is 18.2 Å². The summed E-state index contributed by atoms with van der Waals surface area (Å²) in [6.45, 7) is 0.450. The van der Waals surface area contributed by atoms with Crippen molar-refractivity contribution >= 4 is 36.0 Å². The Hall–Kier alpha value is -2.25. The van der Waals surface area contributed by atoms with Crippen molar-refractivity contribution in [3.05, 3.63) is 34.9 Å². The van der Waals surface area contributed by atoms with E-state index in [2.05, 4.69) is 10.6 Å². The standard InChI is InChI=1S/C15H15N3O4.ClH/c1-16-7-8-3-2-4-9-12(8)15(22)18(14(9)21)10-5-6-11(19)17-13(10)20;/h2-4,10,16H,5-7H2,1H3,(H,17,19,20);1H. The quantitative estimate of drug-likeness (QED) is 0.770. The maximum absolute atomic E-state index is 12.6.